The molecule has 0 saturated heterocycles. The zero-order chi connectivity index (χ0) is 9.45. The van der Waals surface area contributed by atoms with Crippen LogP contribution in [0, 0.1) is 0 Å². The number of rotatable bonds is 7. The molecule has 12 heavy (non-hydrogen) atoms. The van der Waals surface area contributed by atoms with E-state index in [1.165, 1.54) is 25.8 Å². The molecule has 0 rings (SSSR count). The SMILES string of the molecule is CCCCC[N+](C)(CC)CCO. The summed E-state index contributed by atoms with van der Waals surface area (Å²) in [5.41, 5.74) is 0. The lowest BCUT2D eigenvalue weighted by atomic mass is 10.2. The third kappa shape index (κ3) is 4.73. The van der Waals surface area contributed by atoms with Gasteiger partial charge in [-0.05, 0) is 19.8 Å². The highest BCUT2D eigenvalue weighted by Gasteiger charge is 2.16. The molecule has 2 nitrogen and oxygen atoms in total. The predicted octanol–water partition coefficient (Wildman–Crippen LogP) is 1.64. The number of hydrogen-bond acceptors (Lipinski definition) is 1. The van der Waals surface area contributed by atoms with Gasteiger partial charge in [0.05, 0.1) is 26.7 Å². The van der Waals surface area contributed by atoms with Crippen molar-refractivity contribution in [1.82, 2.24) is 0 Å². The van der Waals surface area contributed by atoms with Crippen LogP contribution in [0.15, 0.2) is 0 Å². The van der Waals surface area contributed by atoms with Crippen molar-refractivity contribution in [3.8, 4) is 0 Å². The van der Waals surface area contributed by atoms with Crippen LogP contribution >= 0.6 is 0 Å². The molecule has 0 heterocycles. The Bertz CT molecular complexity index is 106. The average molecular weight is 174 g/mol. The van der Waals surface area contributed by atoms with Gasteiger partial charge in [-0.15, -0.1) is 0 Å². The number of nitrogens with zero attached hydrogens (tertiary/aromatic N) is 1. The van der Waals surface area contributed by atoms with Crippen molar-refractivity contribution < 1.29 is 9.59 Å². The van der Waals surface area contributed by atoms with Gasteiger partial charge in [-0.2, -0.15) is 0 Å². The monoisotopic (exact) mass is 174 g/mol. The van der Waals surface area contributed by atoms with Crippen molar-refractivity contribution in [2.24, 2.45) is 0 Å². The second-order valence-corrected chi connectivity index (χ2v) is 3.81. The van der Waals surface area contributed by atoms with Crippen LogP contribution < -0.4 is 0 Å². The summed E-state index contributed by atoms with van der Waals surface area (Å²) in [7, 11) is 2.23. The summed E-state index contributed by atoms with van der Waals surface area (Å²) in [5, 5.41) is 8.87. The van der Waals surface area contributed by atoms with Crippen LogP contribution in [-0.4, -0.2) is 42.9 Å². The Hall–Kier alpha value is -0.0800. The van der Waals surface area contributed by atoms with E-state index in [1.54, 1.807) is 0 Å². The van der Waals surface area contributed by atoms with Gasteiger partial charge in [-0.1, -0.05) is 13.3 Å². The molecular weight excluding hydrogens is 150 g/mol. The van der Waals surface area contributed by atoms with Crippen LogP contribution in [0.25, 0.3) is 0 Å². The van der Waals surface area contributed by atoms with Gasteiger partial charge in [-0.25, -0.2) is 0 Å². The second-order valence-electron chi connectivity index (χ2n) is 3.81. The quantitative estimate of drug-likeness (QED) is 0.459. The highest BCUT2D eigenvalue weighted by Crippen LogP contribution is 2.05. The first-order chi connectivity index (χ1) is 5.68. The highest BCUT2D eigenvalue weighted by atomic mass is 16.3. The largest absolute Gasteiger partial charge is 0.391 e. The second kappa shape index (κ2) is 6.44. The topological polar surface area (TPSA) is 20.2 Å². The molecule has 0 spiro atoms. The Kier molecular flexibility index (Phi) is 6.39. The number of aliphatic hydroxyl groups is 1. The third-order valence-corrected chi connectivity index (χ3v) is 2.70. The van der Waals surface area contributed by atoms with E-state index in [2.05, 4.69) is 20.9 Å². The molecule has 0 amide bonds. The molecule has 0 radical (unpaired) electrons. The molecule has 74 valence electrons. The first-order valence-corrected chi connectivity index (χ1v) is 5.13. The molecule has 0 aliphatic heterocycles. The molecule has 1 N–H and O–H groups in total. The van der Waals surface area contributed by atoms with Gasteiger partial charge >= 0.3 is 0 Å². The lowest BCUT2D eigenvalue weighted by molar-refractivity contribution is -0.908. The summed E-state index contributed by atoms with van der Waals surface area (Å²) >= 11 is 0. The average Bonchev–Trinajstić information content (AvgIpc) is 2.06. The third-order valence-electron chi connectivity index (χ3n) is 2.70. The summed E-state index contributed by atoms with van der Waals surface area (Å²) in [6.45, 7) is 7.98. The Balaban J connectivity index is 3.63. The maximum atomic E-state index is 8.87. The van der Waals surface area contributed by atoms with E-state index in [0.29, 0.717) is 6.61 Å². The van der Waals surface area contributed by atoms with Gasteiger partial charge in [0, 0.05) is 0 Å². The fraction of sp³-hybridized carbons (Fsp3) is 1.00. The minimum absolute atomic E-state index is 0.316. The molecule has 0 saturated carbocycles. The molecule has 2 heteroatoms. The Morgan fingerprint density at radius 2 is 1.75 bits per heavy atom. The van der Waals surface area contributed by atoms with Crippen LogP contribution in [0.5, 0.6) is 0 Å². The van der Waals surface area contributed by atoms with Crippen molar-refractivity contribution in [2.45, 2.75) is 33.1 Å². The summed E-state index contributed by atoms with van der Waals surface area (Å²) in [5.74, 6) is 0. The van der Waals surface area contributed by atoms with E-state index in [9.17, 15) is 0 Å². The Morgan fingerprint density at radius 1 is 1.08 bits per heavy atom. The Morgan fingerprint density at radius 3 is 2.17 bits per heavy atom. The molecule has 0 aliphatic rings. The smallest absolute Gasteiger partial charge is 0.102 e. The van der Waals surface area contributed by atoms with E-state index in [0.717, 1.165) is 17.6 Å². The summed E-state index contributed by atoms with van der Waals surface area (Å²) < 4.78 is 1.02. The zero-order valence-electron chi connectivity index (χ0n) is 8.84. The number of aliphatic hydroxyl groups excluding tert-OH is 1. The molecule has 1 atom stereocenters. The minimum Gasteiger partial charge on any atom is -0.391 e. The van der Waals surface area contributed by atoms with Gasteiger partial charge in [0.15, 0.2) is 0 Å². The molecule has 1 unspecified atom stereocenters. The molecule has 0 aliphatic carbocycles. The highest BCUT2D eigenvalue weighted by molar-refractivity contribution is 4.40. The van der Waals surface area contributed by atoms with E-state index in [4.69, 9.17) is 5.11 Å². The van der Waals surface area contributed by atoms with E-state index in [-0.39, 0.29) is 0 Å². The van der Waals surface area contributed by atoms with Crippen LogP contribution in [0.2, 0.25) is 0 Å². The van der Waals surface area contributed by atoms with E-state index >= 15 is 0 Å². The van der Waals surface area contributed by atoms with Crippen LogP contribution in [-0.2, 0) is 0 Å². The lowest BCUT2D eigenvalue weighted by Gasteiger charge is -2.32. The number of quaternary nitrogens is 1. The minimum atomic E-state index is 0.316. The number of hydrogen-bond donors (Lipinski definition) is 1. The van der Waals surface area contributed by atoms with Crippen molar-refractivity contribution in [2.75, 3.05) is 33.3 Å². The lowest BCUT2D eigenvalue weighted by Crippen LogP contribution is -2.46. The standard InChI is InChI=1S/C10H24NO/c1-4-6-7-8-11(3,5-2)9-10-12/h12H,4-10H2,1-3H3/q+1. The summed E-state index contributed by atoms with van der Waals surface area (Å²) in [6, 6.07) is 0. The molecular formula is C10H24NO+. The van der Waals surface area contributed by atoms with Crippen molar-refractivity contribution in [3.05, 3.63) is 0 Å². The predicted molar refractivity (Wildman–Crippen MR) is 53.1 cm³/mol. The maximum absolute atomic E-state index is 8.87. The van der Waals surface area contributed by atoms with Crippen LogP contribution in [0.1, 0.15) is 33.1 Å². The van der Waals surface area contributed by atoms with Gasteiger partial charge in [0.2, 0.25) is 0 Å². The van der Waals surface area contributed by atoms with Crippen molar-refractivity contribution >= 4 is 0 Å². The number of unbranched alkanes of at least 4 members (excludes halogenated alkanes) is 2. The van der Waals surface area contributed by atoms with Crippen LogP contribution in [0.3, 0.4) is 0 Å². The first kappa shape index (κ1) is 11.9. The van der Waals surface area contributed by atoms with Gasteiger partial charge in [-0.3, -0.25) is 0 Å². The molecule has 0 aromatic carbocycles. The zero-order valence-corrected chi connectivity index (χ0v) is 8.84. The van der Waals surface area contributed by atoms with Gasteiger partial charge < -0.3 is 9.59 Å². The number of likely N-dealkylation sites (N-methyl/N-ethyl adjacent to an activating group) is 1. The molecule has 0 fully saturated rings. The van der Waals surface area contributed by atoms with Gasteiger partial charge in [0.25, 0.3) is 0 Å². The molecule has 0 aromatic rings. The normalized spacial score (nSPS) is 16.0. The fourth-order valence-corrected chi connectivity index (χ4v) is 1.41. The first-order valence-electron chi connectivity index (χ1n) is 5.13. The van der Waals surface area contributed by atoms with Crippen molar-refractivity contribution in [1.29, 1.82) is 0 Å². The molecule has 0 bridgehead atoms. The fourth-order valence-electron chi connectivity index (χ4n) is 1.41. The molecule has 0 aromatic heterocycles. The summed E-state index contributed by atoms with van der Waals surface area (Å²) in [4.78, 5) is 0. The summed E-state index contributed by atoms with van der Waals surface area (Å²) in [6.07, 6.45) is 3.89. The van der Waals surface area contributed by atoms with Crippen LogP contribution in [0.4, 0.5) is 0 Å². The van der Waals surface area contributed by atoms with E-state index < -0.39 is 0 Å². The van der Waals surface area contributed by atoms with Gasteiger partial charge in [0.1, 0.15) is 6.54 Å². The Labute approximate surface area is 76.8 Å². The maximum Gasteiger partial charge on any atom is 0.102 e. The van der Waals surface area contributed by atoms with E-state index in [1.807, 2.05) is 0 Å². The van der Waals surface area contributed by atoms with Crippen molar-refractivity contribution in [3.63, 3.8) is 0 Å².